The Bertz CT molecular complexity index is 447. The van der Waals surface area contributed by atoms with E-state index in [2.05, 4.69) is 5.32 Å². The summed E-state index contributed by atoms with van der Waals surface area (Å²) in [7, 11) is 0. The average Bonchev–Trinajstić information content (AvgIpc) is 2.73. The molecule has 0 radical (unpaired) electrons. The summed E-state index contributed by atoms with van der Waals surface area (Å²) in [5, 5.41) is 11.7. The van der Waals surface area contributed by atoms with Gasteiger partial charge in [-0.05, 0) is 11.6 Å². The first kappa shape index (κ1) is 11.7. The topological polar surface area (TPSA) is 93.8 Å². The van der Waals surface area contributed by atoms with Gasteiger partial charge in [-0.1, -0.05) is 0 Å². The van der Waals surface area contributed by atoms with Crippen molar-refractivity contribution >= 4 is 11.6 Å². The highest BCUT2D eigenvalue weighted by molar-refractivity contribution is 5.90. The molecule has 0 bridgehead atoms. The Labute approximate surface area is 98.3 Å². The van der Waals surface area contributed by atoms with E-state index < -0.39 is 6.04 Å². The normalized spacial score (nSPS) is 14.5. The number of carbonyl (C=O) groups is 1. The number of hydrogen-bond acceptors (Lipinski definition) is 5. The predicted molar refractivity (Wildman–Crippen MR) is 60.9 cm³/mol. The molecule has 1 aromatic rings. The van der Waals surface area contributed by atoms with Crippen LogP contribution in [-0.2, 0) is 4.79 Å². The molecule has 0 aliphatic carbocycles. The zero-order valence-electron chi connectivity index (χ0n) is 9.40. The summed E-state index contributed by atoms with van der Waals surface area (Å²) in [5.41, 5.74) is 6.92. The number of nitrogens with one attached hydrogen (secondary N) is 1. The van der Waals surface area contributed by atoms with Crippen LogP contribution in [-0.4, -0.2) is 24.4 Å². The molecule has 0 saturated heterocycles. The number of fused-ring (bicyclic) bond motifs is 1. The first-order valence-electron chi connectivity index (χ1n) is 5.19. The Morgan fingerprint density at radius 2 is 2.18 bits per heavy atom. The molecule has 0 unspecified atom stereocenters. The number of hydrogen-bond donors (Lipinski definition) is 3. The van der Waals surface area contributed by atoms with Gasteiger partial charge in [-0.2, -0.15) is 0 Å². The molecule has 17 heavy (non-hydrogen) atoms. The molecule has 0 spiro atoms. The molecule has 0 saturated carbocycles. The van der Waals surface area contributed by atoms with E-state index in [4.69, 9.17) is 20.3 Å². The molecule has 0 aromatic heterocycles. The molecule has 1 aliphatic rings. The van der Waals surface area contributed by atoms with Crippen LogP contribution in [0.25, 0.3) is 0 Å². The minimum Gasteiger partial charge on any atom is -0.454 e. The molecule has 2 rings (SSSR count). The fourth-order valence-corrected chi connectivity index (χ4v) is 1.66. The maximum absolute atomic E-state index is 11.1. The zero-order valence-corrected chi connectivity index (χ0v) is 9.40. The Morgan fingerprint density at radius 1 is 1.53 bits per heavy atom. The van der Waals surface area contributed by atoms with Crippen LogP contribution in [0.15, 0.2) is 12.1 Å². The highest BCUT2D eigenvalue weighted by atomic mass is 16.7. The maximum atomic E-state index is 11.1. The van der Waals surface area contributed by atoms with Crippen LogP contribution in [0, 0.1) is 0 Å². The number of aliphatic hydroxyl groups excluding tert-OH is 1. The summed E-state index contributed by atoms with van der Waals surface area (Å²) >= 11 is 0. The molecule has 0 fully saturated rings. The summed E-state index contributed by atoms with van der Waals surface area (Å²) in [4.78, 5) is 11.1. The summed E-state index contributed by atoms with van der Waals surface area (Å²) in [6, 6.07) is 2.75. The van der Waals surface area contributed by atoms with E-state index in [1.165, 1.54) is 6.92 Å². The van der Waals surface area contributed by atoms with Crippen LogP contribution < -0.4 is 20.5 Å². The number of rotatable bonds is 3. The molecule has 6 nitrogen and oxygen atoms in total. The third-order valence-corrected chi connectivity index (χ3v) is 2.45. The second-order valence-electron chi connectivity index (χ2n) is 3.76. The SMILES string of the molecule is CC(=O)Nc1cc2c(cc1[C@@H](N)CO)OCO2. The number of aliphatic hydroxyl groups is 1. The quantitative estimate of drug-likeness (QED) is 0.707. The molecule has 1 heterocycles. The predicted octanol–water partition coefficient (Wildman–Crippen LogP) is 0.366. The summed E-state index contributed by atoms with van der Waals surface area (Å²) in [6.07, 6.45) is 0. The van der Waals surface area contributed by atoms with E-state index in [-0.39, 0.29) is 19.3 Å². The Kier molecular flexibility index (Phi) is 3.16. The van der Waals surface area contributed by atoms with Gasteiger partial charge in [-0.3, -0.25) is 4.79 Å². The fourth-order valence-electron chi connectivity index (χ4n) is 1.66. The van der Waals surface area contributed by atoms with Crippen LogP contribution in [0.5, 0.6) is 11.5 Å². The van der Waals surface area contributed by atoms with Gasteiger partial charge in [-0.15, -0.1) is 0 Å². The van der Waals surface area contributed by atoms with Gasteiger partial charge in [0.25, 0.3) is 0 Å². The highest BCUT2D eigenvalue weighted by Gasteiger charge is 2.20. The molecular formula is C11H14N2O4. The van der Waals surface area contributed by atoms with Crippen LogP contribution >= 0.6 is 0 Å². The summed E-state index contributed by atoms with van der Waals surface area (Å²) < 4.78 is 10.4. The molecule has 6 heteroatoms. The van der Waals surface area contributed by atoms with Gasteiger partial charge in [0.1, 0.15) is 0 Å². The number of amides is 1. The molecule has 4 N–H and O–H groups in total. The molecule has 1 atom stereocenters. The van der Waals surface area contributed by atoms with E-state index in [1.54, 1.807) is 12.1 Å². The largest absolute Gasteiger partial charge is 0.454 e. The molecular weight excluding hydrogens is 224 g/mol. The number of nitrogens with two attached hydrogens (primary N) is 1. The third-order valence-electron chi connectivity index (χ3n) is 2.45. The number of carbonyl (C=O) groups excluding carboxylic acids is 1. The van der Waals surface area contributed by atoms with E-state index in [0.29, 0.717) is 22.7 Å². The molecule has 92 valence electrons. The van der Waals surface area contributed by atoms with Crippen LogP contribution in [0.3, 0.4) is 0 Å². The van der Waals surface area contributed by atoms with Gasteiger partial charge < -0.3 is 25.6 Å². The Hall–Kier alpha value is -1.79. The van der Waals surface area contributed by atoms with Gasteiger partial charge in [-0.25, -0.2) is 0 Å². The van der Waals surface area contributed by atoms with Gasteiger partial charge in [0.2, 0.25) is 12.7 Å². The lowest BCUT2D eigenvalue weighted by atomic mass is 10.0. The van der Waals surface area contributed by atoms with Gasteiger partial charge in [0.05, 0.1) is 12.6 Å². The van der Waals surface area contributed by atoms with Gasteiger partial charge >= 0.3 is 0 Å². The second-order valence-corrected chi connectivity index (χ2v) is 3.76. The van der Waals surface area contributed by atoms with Crippen molar-refractivity contribution in [3.63, 3.8) is 0 Å². The number of benzene rings is 1. The first-order valence-corrected chi connectivity index (χ1v) is 5.19. The zero-order chi connectivity index (χ0) is 12.4. The van der Waals surface area contributed by atoms with E-state index in [9.17, 15) is 4.79 Å². The van der Waals surface area contributed by atoms with Crippen molar-refractivity contribution in [3.05, 3.63) is 17.7 Å². The molecule has 1 aliphatic heterocycles. The minimum atomic E-state index is -0.577. The molecule has 1 aromatic carbocycles. The standard InChI is InChI=1S/C11H14N2O4/c1-6(15)13-9-3-11-10(16-5-17-11)2-7(9)8(12)4-14/h2-3,8,14H,4-5,12H2,1H3,(H,13,15)/t8-/m0/s1. The van der Waals surface area contributed by atoms with Crippen molar-refractivity contribution in [1.29, 1.82) is 0 Å². The third kappa shape index (κ3) is 2.32. The summed E-state index contributed by atoms with van der Waals surface area (Å²) in [6.45, 7) is 1.33. The minimum absolute atomic E-state index is 0.145. The van der Waals surface area contributed by atoms with E-state index in [0.717, 1.165) is 0 Å². The van der Waals surface area contributed by atoms with Crippen molar-refractivity contribution < 1.29 is 19.4 Å². The van der Waals surface area contributed by atoms with Gasteiger partial charge in [0, 0.05) is 18.7 Å². The lowest BCUT2D eigenvalue weighted by Gasteiger charge is -2.15. The maximum Gasteiger partial charge on any atom is 0.231 e. The monoisotopic (exact) mass is 238 g/mol. The van der Waals surface area contributed by atoms with Gasteiger partial charge in [0.15, 0.2) is 11.5 Å². The van der Waals surface area contributed by atoms with Crippen LogP contribution in [0.2, 0.25) is 0 Å². The van der Waals surface area contributed by atoms with E-state index in [1.807, 2.05) is 0 Å². The van der Waals surface area contributed by atoms with Crippen molar-refractivity contribution in [2.75, 3.05) is 18.7 Å². The lowest BCUT2D eigenvalue weighted by Crippen LogP contribution is -2.18. The molecule has 1 amide bonds. The number of ether oxygens (including phenoxy) is 2. The van der Waals surface area contributed by atoms with Crippen molar-refractivity contribution in [2.45, 2.75) is 13.0 Å². The fraction of sp³-hybridized carbons (Fsp3) is 0.364. The van der Waals surface area contributed by atoms with Crippen molar-refractivity contribution in [2.24, 2.45) is 5.73 Å². The van der Waals surface area contributed by atoms with Crippen molar-refractivity contribution in [1.82, 2.24) is 0 Å². The van der Waals surface area contributed by atoms with Crippen LogP contribution in [0.1, 0.15) is 18.5 Å². The Morgan fingerprint density at radius 3 is 2.76 bits per heavy atom. The van der Waals surface area contributed by atoms with Crippen LogP contribution in [0.4, 0.5) is 5.69 Å². The second kappa shape index (κ2) is 4.60. The lowest BCUT2D eigenvalue weighted by molar-refractivity contribution is -0.114. The number of anilines is 1. The van der Waals surface area contributed by atoms with Crippen molar-refractivity contribution in [3.8, 4) is 11.5 Å². The highest BCUT2D eigenvalue weighted by Crippen LogP contribution is 2.38. The first-order chi connectivity index (χ1) is 8.11. The Balaban J connectivity index is 2.43. The average molecular weight is 238 g/mol. The summed E-state index contributed by atoms with van der Waals surface area (Å²) in [5.74, 6) is 0.913. The van der Waals surface area contributed by atoms with E-state index >= 15 is 0 Å². The smallest absolute Gasteiger partial charge is 0.231 e.